The van der Waals surface area contributed by atoms with Gasteiger partial charge in [0, 0.05) is 6.04 Å². The van der Waals surface area contributed by atoms with Crippen LogP contribution < -0.4 is 10.1 Å². The Balaban J connectivity index is 2.13. The summed E-state index contributed by atoms with van der Waals surface area (Å²) in [6.45, 7) is 6.44. The van der Waals surface area contributed by atoms with Gasteiger partial charge in [-0.15, -0.1) is 0 Å². The molecule has 0 aliphatic heterocycles. The van der Waals surface area contributed by atoms with Crippen LogP contribution in [0.2, 0.25) is 0 Å². The summed E-state index contributed by atoms with van der Waals surface area (Å²) >= 11 is 0. The summed E-state index contributed by atoms with van der Waals surface area (Å²) < 4.78 is 5.75. The van der Waals surface area contributed by atoms with E-state index in [0.717, 1.165) is 17.6 Å². The van der Waals surface area contributed by atoms with E-state index < -0.39 is 0 Å². The Hall–Kier alpha value is -1.02. The summed E-state index contributed by atoms with van der Waals surface area (Å²) in [4.78, 5) is 0. The van der Waals surface area contributed by atoms with Crippen LogP contribution in [-0.4, -0.2) is 13.2 Å². The molecule has 0 spiro atoms. The van der Waals surface area contributed by atoms with Crippen molar-refractivity contribution in [2.45, 2.75) is 39.3 Å². The molecule has 2 heteroatoms. The Morgan fingerprint density at radius 3 is 2.59 bits per heavy atom. The van der Waals surface area contributed by atoms with Crippen LogP contribution in [0.4, 0.5) is 0 Å². The monoisotopic (exact) mass is 233 g/mol. The number of ether oxygens (including phenoxy) is 1. The first-order valence-corrected chi connectivity index (χ1v) is 6.55. The maximum atomic E-state index is 5.75. The normalized spacial score (nSPS) is 24.8. The summed E-state index contributed by atoms with van der Waals surface area (Å²) in [5.74, 6) is 2.61. The van der Waals surface area contributed by atoms with Gasteiger partial charge in [-0.25, -0.2) is 0 Å². The van der Waals surface area contributed by atoms with E-state index in [1.807, 2.05) is 13.1 Å². The Kier molecular flexibility index (Phi) is 3.72. The van der Waals surface area contributed by atoms with E-state index in [-0.39, 0.29) is 6.10 Å². The second-order valence-corrected chi connectivity index (χ2v) is 5.38. The lowest BCUT2D eigenvalue weighted by atomic mass is 10.0. The van der Waals surface area contributed by atoms with Crippen LogP contribution in [0.3, 0.4) is 0 Å². The third-order valence-electron chi connectivity index (χ3n) is 3.50. The molecule has 1 saturated carbocycles. The molecule has 1 N–H and O–H groups in total. The van der Waals surface area contributed by atoms with Gasteiger partial charge in [-0.05, 0) is 56.8 Å². The molecule has 1 fully saturated rings. The standard InChI is InChI=1S/C15H23NO/c1-10(2)17-13-7-5-6-12(9-13)15(16-4)14-8-11(14)3/h5-7,9-11,14-16H,8H2,1-4H3. The lowest BCUT2D eigenvalue weighted by molar-refractivity contribution is 0.242. The van der Waals surface area contributed by atoms with Crippen LogP contribution in [0.15, 0.2) is 24.3 Å². The second-order valence-electron chi connectivity index (χ2n) is 5.38. The van der Waals surface area contributed by atoms with Crippen LogP contribution in [0.1, 0.15) is 38.8 Å². The highest BCUT2D eigenvalue weighted by atomic mass is 16.5. The molecule has 3 atom stereocenters. The SMILES string of the molecule is CNC(c1cccc(OC(C)C)c1)C1CC1C. The number of benzene rings is 1. The predicted octanol–water partition coefficient (Wildman–Crippen LogP) is 3.39. The van der Waals surface area contributed by atoms with Gasteiger partial charge >= 0.3 is 0 Å². The van der Waals surface area contributed by atoms with E-state index in [4.69, 9.17) is 4.74 Å². The van der Waals surface area contributed by atoms with Crippen molar-refractivity contribution in [2.75, 3.05) is 7.05 Å². The van der Waals surface area contributed by atoms with Gasteiger partial charge < -0.3 is 10.1 Å². The molecule has 0 saturated heterocycles. The summed E-state index contributed by atoms with van der Waals surface area (Å²) in [5, 5.41) is 3.44. The summed E-state index contributed by atoms with van der Waals surface area (Å²) in [6, 6.07) is 8.96. The van der Waals surface area contributed by atoms with Crippen molar-refractivity contribution in [3.8, 4) is 5.75 Å². The Morgan fingerprint density at radius 2 is 2.06 bits per heavy atom. The van der Waals surface area contributed by atoms with E-state index in [9.17, 15) is 0 Å². The van der Waals surface area contributed by atoms with Crippen LogP contribution in [0.25, 0.3) is 0 Å². The van der Waals surface area contributed by atoms with Crippen molar-refractivity contribution in [3.05, 3.63) is 29.8 Å². The van der Waals surface area contributed by atoms with E-state index in [2.05, 4.69) is 44.3 Å². The van der Waals surface area contributed by atoms with Crippen molar-refractivity contribution in [1.82, 2.24) is 5.32 Å². The highest BCUT2D eigenvalue weighted by Crippen LogP contribution is 2.47. The minimum Gasteiger partial charge on any atom is -0.491 e. The lowest BCUT2D eigenvalue weighted by Gasteiger charge is -2.18. The molecule has 1 aliphatic rings. The number of hydrogen-bond donors (Lipinski definition) is 1. The molecule has 0 amide bonds. The Labute approximate surface area is 104 Å². The Morgan fingerprint density at radius 1 is 1.35 bits per heavy atom. The summed E-state index contributed by atoms with van der Waals surface area (Å²) in [5.41, 5.74) is 1.35. The van der Waals surface area contributed by atoms with Crippen molar-refractivity contribution < 1.29 is 4.74 Å². The molecular formula is C15H23NO. The van der Waals surface area contributed by atoms with Crippen molar-refractivity contribution in [1.29, 1.82) is 0 Å². The molecule has 0 aromatic heterocycles. The van der Waals surface area contributed by atoms with Crippen LogP contribution >= 0.6 is 0 Å². The van der Waals surface area contributed by atoms with Crippen molar-refractivity contribution in [2.24, 2.45) is 11.8 Å². The molecule has 2 nitrogen and oxygen atoms in total. The van der Waals surface area contributed by atoms with Gasteiger partial charge in [0.2, 0.25) is 0 Å². The molecule has 0 bridgehead atoms. The molecule has 3 unspecified atom stereocenters. The largest absolute Gasteiger partial charge is 0.491 e. The maximum Gasteiger partial charge on any atom is 0.120 e. The second kappa shape index (κ2) is 5.09. The van der Waals surface area contributed by atoms with Crippen molar-refractivity contribution >= 4 is 0 Å². The average Bonchev–Trinajstić information content (AvgIpc) is 2.96. The van der Waals surface area contributed by atoms with Crippen LogP contribution in [0.5, 0.6) is 5.75 Å². The van der Waals surface area contributed by atoms with E-state index in [0.29, 0.717) is 6.04 Å². The summed E-state index contributed by atoms with van der Waals surface area (Å²) in [7, 11) is 2.05. The molecule has 0 radical (unpaired) electrons. The van der Waals surface area contributed by atoms with Gasteiger partial charge in [0.1, 0.15) is 5.75 Å². The zero-order valence-electron chi connectivity index (χ0n) is 11.2. The van der Waals surface area contributed by atoms with Crippen LogP contribution in [-0.2, 0) is 0 Å². The molecule has 1 aliphatic carbocycles. The predicted molar refractivity (Wildman–Crippen MR) is 71.3 cm³/mol. The number of hydrogen-bond acceptors (Lipinski definition) is 2. The fourth-order valence-electron chi connectivity index (χ4n) is 2.50. The van der Waals surface area contributed by atoms with Crippen LogP contribution in [0, 0.1) is 11.8 Å². The molecule has 1 aromatic rings. The molecule has 1 aromatic carbocycles. The first kappa shape index (κ1) is 12.4. The van der Waals surface area contributed by atoms with Gasteiger partial charge in [-0.3, -0.25) is 0 Å². The van der Waals surface area contributed by atoms with E-state index in [1.165, 1.54) is 12.0 Å². The smallest absolute Gasteiger partial charge is 0.120 e. The molecule has 94 valence electrons. The molecular weight excluding hydrogens is 210 g/mol. The first-order chi connectivity index (χ1) is 8.11. The molecule has 17 heavy (non-hydrogen) atoms. The van der Waals surface area contributed by atoms with Gasteiger partial charge in [-0.1, -0.05) is 19.1 Å². The quantitative estimate of drug-likeness (QED) is 0.841. The van der Waals surface area contributed by atoms with Gasteiger partial charge in [-0.2, -0.15) is 0 Å². The van der Waals surface area contributed by atoms with Gasteiger partial charge in [0.25, 0.3) is 0 Å². The highest BCUT2D eigenvalue weighted by molar-refractivity contribution is 5.32. The van der Waals surface area contributed by atoms with E-state index >= 15 is 0 Å². The molecule has 2 rings (SSSR count). The zero-order valence-corrected chi connectivity index (χ0v) is 11.2. The van der Waals surface area contributed by atoms with E-state index in [1.54, 1.807) is 0 Å². The van der Waals surface area contributed by atoms with Gasteiger partial charge in [0.15, 0.2) is 0 Å². The minimum absolute atomic E-state index is 0.234. The van der Waals surface area contributed by atoms with Crippen molar-refractivity contribution in [3.63, 3.8) is 0 Å². The minimum atomic E-state index is 0.234. The first-order valence-electron chi connectivity index (χ1n) is 6.55. The number of nitrogens with one attached hydrogen (secondary N) is 1. The topological polar surface area (TPSA) is 21.3 Å². The average molecular weight is 233 g/mol. The lowest BCUT2D eigenvalue weighted by Crippen LogP contribution is -2.19. The fraction of sp³-hybridized carbons (Fsp3) is 0.600. The summed E-state index contributed by atoms with van der Waals surface area (Å²) in [6.07, 6.45) is 1.57. The third-order valence-corrected chi connectivity index (χ3v) is 3.50. The fourth-order valence-corrected chi connectivity index (χ4v) is 2.50. The zero-order chi connectivity index (χ0) is 12.4. The third kappa shape index (κ3) is 3.01. The molecule has 0 heterocycles. The Bertz CT molecular complexity index is 375. The number of rotatable bonds is 5. The maximum absolute atomic E-state index is 5.75. The highest BCUT2D eigenvalue weighted by Gasteiger charge is 2.39. The van der Waals surface area contributed by atoms with Gasteiger partial charge in [0.05, 0.1) is 6.10 Å².